The minimum atomic E-state index is -5.28. The zero-order chi connectivity index (χ0) is 111. The Morgan fingerprint density at radius 2 is 0.619 bits per heavy atom. The van der Waals surface area contributed by atoms with E-state index in [-0.39, 0.29) is 66.9 Å². The Morgan fingerprint density at radius 3 is 0.918 bits per heavy atom. The fraction of sp³-hybridized carbons (Fsp3) is 0.419. The van der Waals surface area contributed by atoms with Crippen LogP contribution in [-0.2, 0) is 116 Å². The Labute approximate surface area is 851 Å². The van der Waals surface area contributed by atoms with Gasteiger partial charge in [-0.1, -0.05) is 248 Å². The molecule has 12 rings (SSSR count). The average Bonchev–Trinajstić information content (AvgIpc) is 1.55. The number of aryl methyl sites for hydroxylation is 2. The highest BCUT2D eigenvalue weighted by molar-refractivity contribution is 7.93. The number of Topliss-reactive ketones (excluding diaryl/α,β-unsaturated/α-hetero) is 1. The van der Waals surface area contributed by atoms with Crippen molar-refractivity contribution in [2.45, 2.75) is 280 Å². The van der Waals surface area contributed by atoms with Gasteiger partial charge in [-0.25, -0.2) is 96.1 Å². The van der Waals surface area contributed by atoms with E-state index in [1.54, 1.807) is 109 Å². The van der Waals surface area contributed by atoms with Gasteiger partial charge in [0.2, 0.25) is 45.9 Å². The first-order valence-corrected chi connectivity index (χ1v) is 56.3. The predicted octanol–water partition coefficient (Wildman–Crippen LogP) is 26.6. The molecule has 8 atom stereocenters. The topological polar surface area (TPSA) is 294 Å². The van der Waals surface area contributed by atoms with Gasteiger partial charge in [0.1, 0.15) is 5.78 Å². The normalized spacial score (nSPS) is 16.2. The van der Waals surface area contributed by atoms with Crippen LogP contribution in [0.25, 0.3) is 0 Å². The number of fused-ring (bicyclic) bond motifs is 2. The Hall–Kier alpha value is -10.0. The molecule has 19 nitrogen and oxygen atoms in total. The van der Waals surface area contributed by atoms with Crippen LogP contribution in [0.2, 0.25) is 0 Å². The maximum absolute atomic E-state index is 13.7. The van der Waals surface area contributed by atoms with Crippen LogP contribution in [0.15, 0.2) is 226 Å². The number of anilines is 1. The average molecular weight is 2190 g/mol. The summed E-state index contributed by atoms with van der Waals surface area (Å²) in [7, 11) is -25.9. The monoisotopic (exact) mass is 2190 g/mol. The number of benzene rings is 10. The van der Waals surface area contributed by atoms with Crippen LogP contribution in [0.1, 0.15) is 279 Å². The Balaban J connectivity index is 0.000000240. The summed E-state index contributed by atoms with van der Waals surface area (Å²) >= 11 is 0. The lowest BCUT2D eigenvalue weighted by atomic mass is 9.70. The molecule has 0 spiro atoms. The van der Waals surface area contributed by atoms with Crippen LogP contribution in [0.3, 0.4) is 0 Å². The Morgan fingerprint density at radius 1 is 0.333 bits per heavy atom. The molecule has 0 heterocycles. The molecule has 808 valence electrons. The van der Waals surface area contributed by atoms with Crippen molar-refractivity contribution >= 4 is 71.6 Å². The molecule has 6 N–H and O–H groups in total. The van der Waals surface area contributed by atoms with Crippen LogP contribution in [0.4, 0.5) is 80.3 Å². The highest BCUT2D eigenvalue weighted by Crippen LogP contribution is 2.64. The largest absolute Gasteiger partial charge is 0.511 e. The molecule has 2 fully saturated rings. The van der Waals surface area contributed by atoms with Crippen molar-refractivity contribution < 1.29 is 130 Å². The van der Waals surface area contributed by atoms with Gasteiger partial charge in [0.25, 0.3) is 10.0 Å². The standard InChI is InChI=1S/C21H31NO3S.C19H19F6NO2S.C18H20F3NO2S.C18H23NO2S.C17H16F5NO2S.C12H16F3NO2S/c1-5-15(2)17-8-6-16(7-9-17)13-22-26(24,25)14-21-11-10-18(12-19(21)23)20(21,3)4;1-3-12(2)14-6-4-13(5-7-14)11-26-29(27,28)17-9-15(18(20,21)22)8-16(10-17)19(23,24)25;1-4-13(3)14-5-7-16(8-6-14)22-25(23,24)17-10-12(2)9-15(11-17)18(19,20)21;1-4-15(3)17-9-7-16(8-10-17)13-19-22(20,21)18-11-5-14(2)6-12-18;1-3-9(2)11-6-4-10(5-7-11)8-23-26(24,25)17-15(21)13(19)12(18)14(20)16(17)22;1-3-9(2)11-6-4-10(5-7-11)8-16-19(17,18)12(13,14)15/h6-9,15,18,22H,5,10-14H2,1-4H3;4-10,12,26H,3,11H2,1-2H3;5-11,13,22H,4H2,1-3H3;5-12,15,19H,4,13H2,1-3H3;4-7,9,23H,3,8H2,1-2H3;4-7,9,16H,3,8H2,1-2H3. The smallest absolute Gasteiger partial charge is 0.299 e. The second kappa shape index (κ2) is 51.7. The first kappa shape index (κ1) is 124. The molecular formula is C105H125F17N6O13S6. The van der Waals surface area contributed by atoms with Gasteiger partial charge in [0.15, 0.2) is 28.2 Å². The van der Waals surface area contributed by atoms with Crippen molar-refractivity contribution in [3.05, 3.63) is 324 Å². The Bertz CT molecular complexity index is 6760. The molecule has 2 aliphatic rings. The summed E-state index contributed by atoms with van der Waals surface area (Å²) in [4.78, 5) is 9.45. The molecule has 2 bridgehead atoms. The number of alkyl halides is 12. The summed E-state index contributed by atoms with van der Waals surface area (Å²) in [5.74, 6) is -9.12. The quantitative estimate of drug-likeness (QED) is 0.0122. The number of carbonyl (C=O) groups excluding carboxylic acids is 1. The molecule has 0 radical (unpaired) electrons. The summed E-state index contributed by atoms with van der Waals surface area (Å²) < 4.78 is 378. The van der Waals surface area contributed by atoms with Crippen molar-refractivity contribution in [2.24, 2.45) is 16.7 Å². The van der Waals surface area contributed by atoms with E-state index in [4.69, 9.17) is 0 Å². The van der Waals surface area contributed by atoms with E-state index in [1.807, 2.05) is 94.3 Å². The predicted molar refractivity (Wildman–Crippen MR) is 535 cm³/mol. The van der Waals surface area contributed by atoms with Gasteiger partial charge in [0.05, 0.1) is 37.1 Å². The summed E-state index contributed by atoms with van der Waals surface area (Å²) in [5.41, 5.74) is 1.14. The van der Waals surface area contributed by atoms with Crippen molar-refractivity contribution in [1.82, 2.24) is 23.6 Å². The van der Waals surface area contributed by atoms with Crippen molar-refractivity contribution in [3.63, 3.8) is 0 Å². The van der Waals surface area contributed by atoms with Crippen LogP contribution in [-0.4, -0.2) is 67.6 Å². The number of halogens is 17. The van der Waals surface area contributed by atoms with Gasteiger partial charge in [-0.3, -0.25) is 9.52 Å². The molecule has 0 amide bonds. The first-order chi connectivity index (χ1) is 68.1. The van der Waals surface area contributed by atoms with Gasteiger partial charge in [0, 0.05) is 50.2 Å². The zero-order valence-electron chi connectivity index (χ0n) is 84.0. The first-order valence-electron chi connectivity index (χ1n) is 47.3. The van der Waals surface area contributed by atoms with Crippen molar-refractivity contribution in [3.8, 4) is 0 Å². The van der Waals surface area contributed by atoms with E-state index in [9.17, 15) is 130 Å². The lowest BCUT2D eigenvalue weighted by molar-refractivity contribution is -0.143. The van der Waals surface area contributed by atoms with Gasteiger partial charge in [-0.15, -0.1) is 0 Å². The summed E-state index contributed by atoms with van der Waals surface area (Å²) in [6, 6.07) is 53.5. The molecular weight excluding hydrogens is 2070 g/mol. The van der Waals surface area contributed by atoms with Crippen LogP contribution < -0.4 is 28.3 Å². The molecule has 2 saturated carbocycles. The molecule has 0 aromatic heterocycles. The van der Waals surface area contributed by atoms with Gasteiger partial charge in [-0.2, -0.15) is 52.7 Å². The number of sulfonamides is 6. The molecule has 2 aliphatic carbocycles. The highest BCUT2D eigenvalue weighted by atomic mass is 32.2. The van der Waals surface area contributed by atoms with Gasteiger partial charge in [-0.05, 0) is 239 Å². The maximum Gasteiger partial charge on any atom is 0.511 e. The van der Waals surface area contributed by atoms with Crippen molar-refractivity contribution in [2.75, 3.05) is 10.5 Å². The minimum Gasteiger partial charge on any atom is -0.299 e. The summed E-state index contributed by atoms with van der Waals surface area (Å²) in [6.45, 7) is 32.0. The van der Waals surface area contributed by atoms with E-state index in [2.05, 4.69) is 93.8 Å². The van der Waals surface area contributed by atoms with E-state index < -0.39 is 150 Å². The molecule has 0 aliphatic heterocycles. The number of ketones is 1. The summed E-state index contributed by atoms with van der Waals surface area (Å²) in [6.07, 6.45) is -6.75. The number of nitrogens with one attached hydrogen (secondary N) is 6. The van der Waals surface area contributed by atoms with E-state index in [1.165, 1.54) is 28.8 Å². The third kappa shape index (κ3) is 34.2. The SMILES string of the molecule is CCC(C)c1ccc(CNS(=O)(=O)C(F)(F)F)cc1.CCC(C)c1ccc(CNS(=O)(=O)CC23CCC(CC2=O)C3(C)C)cc1.CCC(C)c1ccc(CNS(=O)(=O)c2c(F)c(F)c(F)c(F)c2F)cc1.CCC(C)c1ccc(CNS(=O)(=O)c2cc(C(F)(F)F)cc(C(F)(F)F)c2)cc1.CCC(C)c1ccc(CNS(=O)(=O)c2ccc(C)cc2)cc1.CCC(C)c1ccc(NS(=O)(=O)c2cc(C)cc(C(F)(F)F)c2)cc1. The van der Waals surface area contributed by atoms with Crippen LogP contribution in [0, 0.1) is 59.7 Å². The number of hydrogen-bond acceptors (Lipinski definition) is 13. The molecule has 147 heavy (non-hydrogen) atoms. The van der Waals surface area contributed by atoms with E-state index >= 15 is 0 Å². The second-order valence-corrected chi connectivity index (χ2v) is 47.8. The third-order valence-electron chi connectivity index (χ3n) is 26.7. The lowest BCUT2D eigenvalue weighted by Gasteiger charge is -2.36. The fourth-order valence-electron chi connectivity index (χ4n) is 15.7. The maximum atomic E-state index is 13.7. The number of carbonyl (C=O) groups is 1. The second-order valence-electron chi connectivity index (χ2n) is 37.3. The molecule has 10 aromatic rings. The zero-order valence-corrected chi connectivity index (χ0v) is 88.9. The highest BCUT2D eigenvalue weighted by Gasteiger charge is 2.65. The van der Waals surface area contributed by atoms with Crippen molar-refractivity contribution in [1.29, 1.82) is 0 Å². The van der Waals surface area contributed by atoms with Gasteiger partial charge < -0.3 is 0 Å². The van der Waals surface area contributed by atoms with Crippen LogP contribution in [0.5, 0.6) is 0 Å². The fourth-order valence-corrected chi connectivity index (χ4v) is 22.5. The van der Waals surface area contributed by atoms with Gasteiger partial charge >= 0.3 is 34.1 Å². The molecule has 42 heteroatoms. The lowest BCUT2D eigenvalue weighted by Crippen LogP contribution is -2.45. The molecule has 8 unspecified atom stereocenters. The molecule has 10 aromatic carbocycles. The summed E-state index contributed by atoms with van der Waals surface area (Å²) in [5, 5.41) is 0. The Kier molecular flexibility index (Phi) is 43.5. The van der Waals surface area contributed by atoms with Crippen LogP contribution >= 0.6 is 0 Å². The number of hydrogen-bond donors (Lipinski definition) is 6. The minimum absolute atomic E-state index is 0.0761. The molecule has 0 saturated heterocycles. The van der Waals surface area contributed by atoms with E-state index in [0.717, 1.165) is 90.0 Å². The number of rotatable bonds is 35. The van der Waals surface area contributed by atoms with E-state index in [0.29, 0.717) is 94.2 Å². The third-order valence-corrected chi connectivity index (χ3v) is 34.9.